The number of hydrogen-bond acceptors (Lipinski definition) is 2. The Morgan fingerprint density at radius 3 is 2.12 bits per heavy atom. The zero-order valence-corrected chi connectivity index (χ0v) is 10.1. The highest BCUT2D eigenvalue weighted by molar-refractivity contribution is 5.88. The normalized spacial score (nSPS) is 14.2. The molecule has 0 spiro atoms. The first-order valence-electron chi connectivity index (χ1n) is 5.48. The van der Waals surface area contributed by atoms with E-state index in [0.29, 0.717) is 12.8 Å². The van der Waals surface area contributed by atoms with Crippen LogP contribution in [0.25, 0.3) is 0 Å². The van der Waals surface area contributed by atoms with Crippen molar-refractivity contribution < 1.29 is 9.59 Å². The lowest BCUT2D eigenvalue weighted by atomic mass is 9.76. The molecule has 0 fully saturated rings. The van der Waals surface area contributed by atoms with Crippen molar-refractivity contribution >= 4 is 11.6 Å². The van der Waals surface area contributed by atoms with Crippen LogP contribution in [0.4, 0.5) is 0 Å². The summed E-state index contributed by atoms with van der Waals surface area (Å²) in [7, 11) is 0. The van der Waals surface area contributed by atoms with Crippen LogP contribution in [0.1, 0.15) is 32.8 Å². The van der Waals surface area contributed by atoms with Crippen LogP contribution in [0.3, 0.4) is 0 Å². The number of Topliss-reactive ketones (excluding diaryl/α,β-unsaturated/α-hetero) is 2. The molecule has 0 amide bonds. The quantitative estimate of drug-likeness (QED) is 0.761. The van der Waals surface area contributed by atoms with Crippen molar-refractivity contribution in [3.05, 3.63) is 35.9 Å². The van der Waals surface area contributed by atoms with Crippen LogP contribution in [-0.4, -0.2) is 11.6 Å². The Bertz CT molecular complexity index is 381. The lowest BCUT2D eigenvalue weighted by Gasteiger charge is -2.25. The highest BCUT2D eigenvalue weighted by Crippen LogP contribution is 2.28. The molecule has 16 heavy (non-hydrogen) atoms. The summed E-state index contributed by atoms with van der Waals surface area (Å²) in [5, 5.41) is 0. The molecule has 0 aliphatic carbocycles. The molecule has 0 aliphatic rings. The highest BCUT2D eigenvalue weighted by atomic mass is 16.1. The fraction of sp³-hybridized carbons (Fsp3) is 0.429. The van der Waals surface area contributed by atoms with Crippen LogP contribution in [0.5, 0.6) is 0 Å². The third kappa shape index (κ3) is 3.30. The van der Waals surface area contributed by atoms with Gasteiger partial charge < -0.3 is 0 Å². The number of hydrogen-bond donors (Lipinski definition) is 0. The zero-order chi connectivity index (χ0) is 12.2. The molecule has 0 N–H and O–H groups in total. The van der Waals surface area contributed by atoms with Gasteiger partial charge in [-0.2, -0.15) is 0 Å². The Morgan fingerprint density at radius 2 is 1.69 bits per heavy atom. The minimum atomic E-state index is -0.562. The van der Waals surface area contributed by atoms with Crippen LogP contribution in [-0.2, 0) is 16.0 Å². The first kappa shape index (κ1) is 12.6. The van der Waals surface area contributed by atoms with Crippen LogP contribution in [0, 0.1) is 5.41 Å². The van der Waals surface area contributed by atoms with E-state index in [-0.39, 0.29) is 11.6 Å². The number of carbonyl (C=O) groups excluding carboxylic acids is 2. The van der Waals surface area contributed by atoms with Crippen molar-refractivity contribution in [1.82, 2.24) is 0 Å². The second-order valence-corrected chi connectivity index (χ2v) is 4.66. The van der Waals surface area contributed by atoms with E-state index in [1.54, 1.807) is 6.92 Å². The second kappa shape index (κ2) is 5.06. The molecule has 0 radical (unpaired) electrons. The first-order valence-corrected chi connectivity index (χ1v) is 5.48. The lowest BCUT2D eigenvalue weighted by Crippen LogP contribution is -2.30. The molecule has 0 saturated carbocycles. The molecule has 1 rings (SSSR count). The monoisotopic (exact) mass is 218 g/mol. The average molecular weight is 218 g/mol. The van der Waals surface area contributed by atoms with Crippen molar-refractivity contribution in [3.8, 4) is 0 Å². The SMILES string of the molecule is CC(=O)C[C@](C)(Cc1ccccc1)C(C)=O. The summed E-state index contributed by atoms with van der Waals surface area (Å²) in [6.45, 7) is 4.96. The number of benzene rings is 1. The van der Waals surface area contributed by atoms with E-state index in [9.17, 15) is 9.59 Å². The molecule has 0 heterocycles. The maximum Gasteiger partial charge on any atom is 0.136 e. The Balaban J connectivity index is 2.87. The molecule has 1 aromatic rings. The number of rotatable bonds is 5. The molecule has 0 saturated heterocycles. The Morgan fingerprint density at radius 1 is 1.12 bits per heavy atom. The summed E-state index contributed by atoms with van der Waals surface area (Å²) < 4.78 is 0. The molecule has 0 aromatic heterocycles. The summed E-state index contributed by atoms with van der Waals surface area (Å²) >= 11 is 0. The van der Waals surface area contributed by atoms with Gasteiger partial charge in [-0.1, -0.05) is 37.3 Å². The zero-order valence-electron chi connectivity index (χ0n) is 10.1. The van der Waals surface area contributed by atoms with Crippen LogP contribution >= 0.6 is 0 Å². The van der Waals surface area contributed by atoms with Crippen molar-refractivity contribution in [2.24, 2.45) is 5.41 Å². The van der Waals surface area contributed by atoms with Crippen molar-refractivity contribution in [3.63, 3.8) is 0 Å². The molecule has 1 aromatic carbocycles. The summed E-state index contributed by atoms with van der Waals surface area (Å²) in [5.74, 6) is 0.139. The number of carbonyl (C=O) groups is 2. The van der Waals surface area contributed by atoms with Crippen molar-refractivity contribution in [1.29, 1.82) is 0 Å². The molecule has 1 atom stereocenters. The largest absolute Gasteiger partial charge is 0.300 e. The van der Waals surface area contributed by atoms with Gasteiger partial charge in [0.05, 0.1) is 0 Å². The smallest absolute Gasteiger partial charge is 0.136 e. The molecular formula is C14H18O2. The van der Waals surface area contributed by atoms with Gasteiger partial charge in [0.1, 0.15) is 11.6 Å². The fourth-order valence-corrected chi connectivity index (χ4v) is 1.91. The van der Waals surface area contributed by atoms with Crippen LogP contribution in [0.2, 0.25) is 0 Å². The molecule has 0 unspecified atom stereocenters. The van der Waals surface area contributed by atoms with Gasteiger partial charge in [-0.25, -0.2) is 0 Å². The van der Waals surface area contributed by atoms with Crippen LogP contribution < -0.4 is 0 Å². The van der Waals surface area contributed by atoms with Gasteiger partial charge in [0.15, 0.2) is 0 Å². The third-order valence-electron chi connectivity index (χ3n) is 2.93. The lowest BCUT2D eigenvalue weighted by molar-refractivity contribution is -0.130. The predicted molar refractivity (Wildman–Crippen MR) is 64.2 cm³/mol. The van der Waals surface area contributed by atoms with Gasteiger partial charge in [0.2, 0.25) is 0 Å². The van der Waals surface area contributed by atoms with Gasteiger partial charge in [0.25, 0.3) is 0 Å². The predicted octanol–water partition coefficient (Wildman–Crippen LogP) is 2.80. The minimum absolute atomic E-state index is 0.0635. The van der Waals surface area contributed by atoms with Crippen LogP contribution in [0.15, 0.2) is 30.3 Å². The molecule has 2 heteroatoms. The van der Waals surface area contributed by atoms with Gasteiger partial charge >= 0.3 is 0 Å². The highest BCUT2D eigenvalue weighted by Gasteiger charge is 2.31. The van der Waals surface area contributed by atoms with E-state index in [1.165, 1.54) is 6.92 Å². The van der Waals surface area contributed by atoms with E-state index in [2.05, 4.69) is 0 Å². The summed E-state index contributed by atoms with van der Waals surface area (Å²) in [6.07, 6.45) is 0.944. The third-order valence-corrected chi connectivity index (χ3v) is 2.93. The fourth-order valence-electron chi connectivity index (χ4n) is 1.91. The maximum absolute atomic E-state index is 11.7. The Kier molecular flexibility index (Phi) is 3.99. The van der Waals surface area contributed by atoms with E-state index in [1.807, 2.05) is 37.3 Å². The topological polar surface area (TPSA) is 34.1 Å². The van der Waals surface area contributed by atoms with Crippen molar-refractivity contribution in [2.75, 3.05) is 0 Å². The summed E-state index contributed by atoms with van der Waals surface area (Å²) in [5.41, 5.74) is 0.536. The van der Waals surface area contributed by atoms with Crippen molar-refractivity contribution in [2.45, 2.75) is 33.6 Å². The summed E-state index contributed by atoms with van der Waals surface area (Å²) in [4.78, 5) is 22.9. The first-order chi connectivity index (χ1) is 7.44. The van der Waals surface area contributed by atoms with E-state index in [0.717, 1.165) is 5.56 Å². The Hall–Kier alpha value is -1.44. The molecule has 86 valence electrons. The van der Waals surface area contributed by atoms with E-state index >= 15 is 0 Å². The van der Waals surface area contributed by atoms with Gasteiger partial charge in [-0.3, -0.25) is 9.59 Å². The molecular weight excluding hydrogens is 200 g/mol. The minimum Gasteiger partial charge on any atom is -0.300 e. The van der Waals surface area contributed by atoms with Gasteiger partial charge in [0, 0.05) is 11.8 Å². The summed E-state index contributed by atoms with van der Waals surface area (Å²) in [6, 6.07) is 9.82. The Labute approximate surface area is 96.7 Å². The van der Waals surface area contributed by atoms with Gasteiger partial charge in [-0.05, 0) is 25.8 Å². The molecule has 0 aliphatic heterocycles. The van der Waals surface area contributed by atoms with E-state index in [4.69, 9.17) is 0 Å². The molecule has 0 bridgehead atoms. The standard InChI is InChI=1S/C14H18O2/c1-11(15)9-14(3,12(2)16)10-13-7-5-4-6-8-13/h4-8H,9-10H2,1-3H3/t14-/m1/s1. The molecule has 2 nitrogen and oxygen atoms in total. The second-order valence-electron chi connectivity index (χ2n) is 4.66. The average Bonchev–Trinajstić information content (AvgIpc) is 2.17. The number of ketones is 2. The van der Waals surface area contributed by atoms with E-state index < -0.39 is 5.41 Å². The maximum atomic E-state index is 11.7. The van der Waals surface area contributed by atoms with Gasteiger partial charge in [-0.15, -0.1) is 0 Å².